The van der Waals surface area contributed by atoms with Crippen molar-refractivity contribution in [3.05, 3.63) is 27.7 Å². The van der Waals surface area contributed by atoms with Gasteiger partial charge in [0.1, 0.15) is 6.54 Å². The molecule has 2 amide bonds. The van der Waals surface area contributed by atoms with Gasteiger partial charge >= 0.3 is 24.0 Å². The molecule has 1 aromatic rings. The number of benzene rings is 1. The SMILES string of the molecule is O=C(O)CCCNC(=O)CN1C(=O)C(F)(F)c2cc(Br)cc(C(F)(F)F)c21. The second kappa shape index (κ2) is 7.41. The lowest BCUT2D eigenvalue weighted by Crippen LogP contribution is -2.42. The summed E-state index contributed by atoms with van der Waals surface area (Å²) < 4.78 is 67.9. The summed E-state index contributed by atoms with van der Waals surface area (Å²) in [7, 11) is 0. The lowest BCUT2D eigenvalue weighted by molar-refractivity contribution is -0.142. The van der Waals surface area contributed by atoms with Crippen LogP contribution in [-0.2, 0) is 26.5 Å². The van der Waals surface area contributed by atoms with Gasteiger partial charge in [-0.05, 0) is 18.6 Å². The van der Waals surface area contributed by atoms with E-state index in [1.165, 1.54) is 0 Å². The van der Waals surface area contributed by atoms with Crippen molar-refractivity contribution >= 4 is 39.4 Å². The van der Waals surface area contributed by atoms with Gasteiger partial charge < -0.3 is 10.4 Å². The fourth-order valence-corrected chi connectivity index (χ4v) is 3.01. The number of hydrogen-bond acceptors (Lipinski definition) is 3. The Morgan fingerprint density at radius 2 is 1.89 bits per heavy atom. The molecule has 0 bridgehead atoms. The molecule has 0 unspecified atom stereocenters. The van der Waals surface area contributed by atoms with Crippen LogP contribution >= 0.6 is 15.9 Å². The van der Waals surface area contributed by atoms with Gasteiger partial charge in [-0.3, -0.25) is 19.3 Å². The van der Waals surface area contributed by atoms with Crippen molar-refractivity contribution in [2.45, 2.75) is 24.9 Å². The molecule has 6 nitrogen and oxygen atoms in total. The molecular formula is C15H12BrF5N2O4. The maximum atomic E-state index is 14.2. The van der Waals surface area contributed by atoms with Gasteiger partial charge in [-0.15, -0.1) is 0 Å². The summed E-state index contributed by atoms with van der Waals surface area (Å²) in [5.74, 6) is -8.27. The Morgan fingerprint density at radius 3 is 2.44 bits per heavy atom. The summed E-state index contributed by atoms with van der Waals surface area (Å²) in [4.78, 5) is 34.3. The average molecular weight is 459 g/mol. The number of aliphatic carboxylic acids is 1. The number of carbonyl (C=O) groups is 3. The van der Waals surface area contributed by atoms with Crippen molar-refractivity contribution in [1.29, 1.82) is 0 Å². The summed E-state index contributed by atoms with van der Waals surface area (Å²) in [6.45, 7) is -1.19. The molecule has 0 atom stereocenters. The van der Waals surface area contributed by atoms with E-state index < -0.39 is 53.2 Å². The monoisotopic (exact) mass is 458 g/mol. The van der Waals surface area contributed by atoms with Crippen LogP contribution in [0.1, 0.15) is 24.0 Å². The van der Waals surface area contributed by atoms with Gasteiger partial charge in [-0.25, -0.2) is 0 Å². The summed E-state index contributed by atoms with van der Waals surface area (Å²) in [5, 5.41) is 10.7. The van der Waals surface area contributed by atoms with E-state index in [-0.39, 0.29) is 28.8 Å². The van der Waals surface area contributed by atoms with Crippen molar-refractivity contribution in [3.8, 4) is 0 Å². The Morgan fingerprint density at radius 1 is 1.26 bits per heavy atom. The van der Waals surface area contributed by atoms with Crippen molar-refractivity contribution < 1.29 is 41.4 Å². The van der Waals surface area contributed by atoms with Gasteiger partial charge in [0.05, 0.1) is 16.8 Å². The number of anilines is 1. The third-order valence-corrected chi connectivity index (χ3v) is 4.15. The molecule has 0 radical (unpaired) electrons. The highest BCUT2D eigenvalue weighted by atomic mass is 79.9. The molecule has 1 heterocycles. The molecule has 0 aromatic heterocycles. The highest BCUT2D eigenvalue weighted by Crippen LogP contribution is 2.50. The van der Waals surface area contributed by atoms with E-state index in [9.17, 15) is 36.3 Å². The molecule has 0 aliphatic carbocycles. The van der Waals surface area contributed by atoms with Crippen molar-refractivity contribution in [1.82, 2.24) is 5.32 Å². The van der Waals surface area contributed by atoms with Crippen LogP contribution in [0.25, 0.3) is 0 Å². The van der Waals surface area contributed by atoms with Gasteiger partial charge in [0.15, 0.2) is 0 Å². The zero-order chi connectivity index (χ0) is 20.6. The first-order valence-electron chi connectivity index (χ1n) is 7.45. The molecule has 1 aromatic carbocycles. The summed E-state index contributed by atoms with van der Waals surface area (Å²) in [6, 6.07) is 1.25. The zero-order valence-corrected chi connectivity index (χ0v) is 15.0. The quantitative estimate of drug-likeness (QED) is 0.506. The highest BCUT2D eigenvalue weighted by molar-refractivity contribution is 9.10. The molecular weight excluding hydrogens is 447 g/mol. The number of nitrogens with zero attached hydrogens (tertiary/aromatic N) is 1. The molecule has 2 N–H and O–H groups in total. The standard InChI is InChI=1S/C15H12BrF5N2O4/c16-7-4-8-12(9(5-7)15(19,20)21)23(13(27)14(8,17)18)6-10(24)22-3-1-2-11(25)26/h4-5H,1-3,6H2,(H,22,24)(H,25,26). The summed E-state index contributed by atoms with van der Waals surface area (Å²) in [6.07, 6.45) is -5.27. The summed E-state index contributed by atoms with van der Waals surface area (Å²) in [5.41, 5.74) is -3.69. The molecule has 0 saturated carbocycles. The lowest BCUT2D eigenvalue weighted by atomic mass is 10.0. The summed E-state index contributed by atoms with van der Waals surface area (Å²) >= 11 is 2.71. The molecule has 1 aliphatic rings. The van der Waals surface area contributed by atoms with Gasteiger partial charge in [0.2, 0.25) is 5.91 Å². The lowest BCUT2D eigenvalue weighted by Gasteiger charge is -2.21. The number of alkyl halides is 5. The number of halogens is 6. The number of hydrogen-bond donors (Lipinski definition) is 2. The van der Waals surface area contributed by atoms with E-state index >= 15 is 0 Å². The number of carbonyl (C=O) groups excluding carboxylic acids is 2. The molecule has 27 heavy (non-hydrogen) atoms. The Bertz CT molecular complexity index is 797. The number of fused-ring (bicyclic) bond motifs is 1. The van der Waals surface area contributed by atoms with E-state index in [4.69, 9.17) is 5.11 Å². The number of nitrogens with one attached hydrogen (secondary N) is 1. The molecule has 148 valence electrons. The molecule has 0 saturated heterocycles. The van der Waals surface area contributed by atoms with E-state index in [0.29, 0.717) is 12.1 Å². The maximum absolute atomic E-state index is 14.2. The first kappa shape index (κ1) is 21.1. The van der Waals surface area contributed by atoms with Crippen molar-refractivity contribution in [2.24, 2.45) is 0 Å². The minimum absolute atomic E-state index is 0.0303. The second-order valence-corrected chi connectivity index (χ2v) is 6.58. The van der Waals surface area contributed by atoms with Crippen LogP contribution < -0.4 is 10.2 Å². The Kier molecular flexibility index (Phi) is 5.78. The normalized spacial score (nSPS) is 15.6. The van der Waals surface area contributed by atoms with Crippen molar-refractivity contribution in [3.63, 3.8) is 0 Å². The predicted octanol–water partition coefficient (Wildman–Crippen LogP) is 2.89. The molecule has 12 heteroatoms. The van der Waals surface area contributed by atoms with Gasteiger partial charge in [0.25, 0.3) is 0 Å². The van der Waals surface area contributed by atoms with Crippen LogP contribution in [0.15, 0.2) is 16.6 Å². The minimum Gasteiger partial charge on any atom is -0.481 e. The second-order valence-electron chi connectivity index (χ2n) is 5.66. The zero-order valence-electron chi connectivity index (χ0n) is 13.4. The van der Waals surface area contributed by atoms with Crippen LogP contribution in [-0.4, -0.2) is 36.0 Å². The molecule has 2 rings (SSSR count). The van der Waals surface area contributed by atoms with Gasteiger partial charge in [0, 0.05) is 17.4 Å². The van der Waals surface area contributed by atoms with Gasteiger partial charge in [-0.2, -0.15) is 22.0 Å². The van der Waals surface area contributed by atoms with E-state index in [1.807, 2.05) is 0 Å². The first-order chi connectivity index (χ1) is 12.4. The number of amides is 2. The minimum atomic E-state index is -5.04. The maximum Gasteiger partial charge on any atom is 0.418 e. The fourth-order valence-electron chi connectivity index (χ4n) is 2.55. The van der Waals surface area contributed by atoms with Crippen molar-refractivity contribution in [2.75, 3.05) is 18.0 Å². The Labute approximate surface area is 157 Å². The topological polar surface area (TPSA) is 86.7 Å². The van der Waals surface area contributed by atoms with E-state index in [0.717, 1.165) is 0 Å². The third kappa shape index (κ3) is 4.37. The van der Waals surface area contributed by atoms with Crippen LogP contribution in [0.4, 0.5) is 27.6 Å². The van der Waals surface area contributed by atoms with Crippen LogP contribution in [0, 0.1) is 0 Å². The largest absolute Gasteiger partial charge is 0.481 e. The first-order valence-corrected chi connectivity index (χ1v) is 8.24. The molecule has 0 fully saturated rings. The number of rotatable bonds is 6. The highest BCUT2D eigenvalue weighted by Gasteiger charge is 2.56. The van der Waals surface area contributed by atoms with Crippen LogP contribution in [0.2, 0.25) is 0 Å². The van der Waals surface area contributed by atoms with E-state index in [1.54, 1.807) is 0 Å². The molecule has 1 aliphatic heterocycles. The van der Waals surface area contributed by atoms with Gasteiger partial charge in [-0.1, -0.05) is 15.9 Å². The Hall–Kier alpha value is -2.24. The van der Waals surface area contributed by atoms with Crippen LogP contribution in [0.5, 0.6) is 0 Å². The molecule has 0 spiro atoms. The Balaban J connectivity index is 2.31. The van der Waals surface area contributed by atoms with E-state index in [2.05, 4.69) is 21.2 Å². The predicted molar refractivity (Wildman–Crippen MR) is 85.3 cm³/mol. The van der Waals surface area contributed by atoms with Crippen LogP contribution in [0.3, 0.4) is 0 Å². The third-order valence-electron chi connectivity index (χ3n) is 3.69. The number of carboxylic acids is 1. The average Bonchev–Trinajstić information content (AvgIpc) is 2.71. The smallest absolute Gasteiger partial charge is 0.418 e. The fraction of sp³-hybridized carbons (Fsp3) is 0.400. The number of carboxylic acid groups (broad SMARTS) is 1.